The summed E-state index contributed by atoms with van der Waals surface area (Å²) in [6.45, 7) is 6.53. The highest BCUT2D eigenvalue weighted by molar-refractivity contribution is 5.77. The van der Waals surface area contributed by atoms with Gasteiger partial charge in [0.15, 0.2) is 5.96 Å². The fraction of sp³-hybridized carbons (Fsp3) is 0.600. The lowest BCUT2D eigenvalue weighted by molar-refractivity contribution is 0.599. The summed E-state index contributed by atoms with van der Waals surface area (Å²) >= 11 is 0. The molecule has 0 aliphatic carbocycles. The first kappa shape index (κ1) is 11.6. The molecule has 1 heterocycles. The fourth-order valence-electron chi connectivity index (χ4n) is 1.07. The predicted molar refractivity (Wildman–Crippen MR) is 61.6 cm³/mol. The lowest BCUT2D eigenvalue weighted by atomic mass is 10.2. The van der Waals surface area contributed by atoms with Crippen LogP contribution in [0, 0.1) is 5.92 Å². The third-order valence-corrected chi connectivity index (χ3v) is 1.83. The van der Waals surface area contributed by atoms with Crippen LogP contribution in [0.1, 0.15) is 13.8 Å². The summed E-state index contributed by atoms with van der Waals surface area (Å²) in [6, 6.07) is 1.90. The van der Waals surface area contributed by atoms with Crippen molar-refractivity contribution in [3.05, 3.63) is 18.5 Å². The van der Waals surface area contributed by atoms with E-state index in [0.29, 0.717) is 11.9 Å². The second-order valence-corrected chi connectivity index (χ2v) is 3.82. The highest BCUT2D eigenvalue weighted by Gasteiger charge is 1.94. The Kier molecular flexibility index (Phi) is 4.66. The van der Waals surface area contributed by atoms with Crippen LogP contribution in [0.2, 0.25) is 0 Å². The molecule has 0 aliphatic rings. The standard InChI is InChI=1S/C10H19N5/c1-9(2)8-13-10(11)12-5-7-15-6-3-4-14-15/h3-4,6,9H,5,7-8H2,1-2H3,(H3,11,12,13). The maximum Gasteiger partial charge on any atom is 0.188 e. The van der Waals surface area contributed by atoms with Crippen molar-refractivity contribution in [2.24, 2.45) is 16.6 Å². The summed E-state index contributed by atoms with van der Waals surface area (Å²) in [7, 11) is 0. The molecule has 0 atom stereocenters. The van der Waals surface area contributed by atoms with E-state index in [2.05, 4.69) is 29.3 Å². The van der Waals surface area contributed by atoms with E-state index in [0.717, 1.165) is 19.6 Å². The van der Waals surface area contributed by atoms with Gasteiger partial charge < -0.3 is 11.1 Å². The smallest absolute Gasteiger partial charge is 0.188 e. The third kappa shape index (κ3) is 5.05. The van der Waals surface area contributed by atoms with E-state index in [1.165, 1.54) is 0 Å². The minimum Gasteiger partial charge on any atom is -0.370 e. The molecule has 0 aromatic carbocycles. The van der Waals surface area contributed by atoms with Gasteiger partial charge in [-0.25, -0.2) is 0 Å². The molecule has 1 rings (SSSR count). The van der Waals surface area contributed by atoms with Crippen LogP contribution in [0.3, 0.4) is 0 Å². The van der Waals surface area contributed by atoms with Crippen LogP contribution >= 0.6 is 0 Å². The van der Waals surface area contributed by atoms with Crippen molar-refractivity contribution >= 4 is 5.96 Å². The van der Waals surface area contributed by atoms with Crippen molar-refractivity contribution in [1.82, 2.24) is 15.1 Å². The first-order valence-corrected chi connectivity index (χ1v) is 5.19. The first-order valence-electron chi connectivity index (χ1n) is 5.19. The van der Waals surface area contributed by atoms with Crippen molar-refractivity contribution in [1.29, 1.82) is 0 Å². The molecule has 84 valence electrons. The van der Waals surface area contributed by atoms with Gasteiger partial charge in [-0.1, -0.05) is 13.8 Å². The van der Waals surface area contributed by atoms with E-state index in [1.807, 2.05) is 16.9 Å². The SMILES string of the molecule is CC(C)CN=C(N)NCCn1cccn1. The van der Waals surface area contributed by atoms with E-state index in [1.54, 1.807) is 6.20 Å². The molecular formula is C10H19N5. The van der Waals surface area contributed by atoms with Crippen LogP contribution in [0.4, 0.5) is 0 Å². The van der Waals surface area contributed by atoms with Gasteiger partial charge in [-0.3, -0.25) is 9.67 Å². The van der Waals surface area contributed by atoms with Crippen molar-refractivity contribution in [3.63, 3.8) is 0 Å². The van der Waals surface area contributed by atoms with E-state index >= 15 is 0 Å². The number of aromatic nitrogens is 2. The van der Waals surface area contributed by atoms with Crippen LogP contribution in [-0.4, -0.2) is 28.8 Å². The Morgan fingerprint density at radius 1 is 1.60 bits per heavy atom. The van der Waals surface area contributed by atoms with Gasteiger partial charge in [0.25, 0.3) is 0 Å². The number of aliphatic imine (C=N–C) groups is 1. The molecule has 0 bridgehead atoms. The quantitative estimate of drug-likeness (QED) is 0.546. The topological polar surface area (TPSA) is 68.2 Å². The molecule has 0 fully saturated rings. The maximum absolute atomic E-state index is 5.67. The minimum absolute atomic E-state index is 0.510. The number of rotatable bonds is 5. The largest absolute Gasteiger partial charge is 0.370 e. The van der Waals surface area contributed by atoms with Crippen LogP contribution < -0.4 is 11.1 Å². The van der Waals surface area contributed by atoms with E-state index < -0.39 is 0 Å². The second kappa shape index (κ2) is 6.06. The molecule has 0 unspecified atom stereocenters. The van der Waals surface area contributed by atoms with Gasteiger partial charge >= 0.3 is 0 Å². The zero-order valence-corrected chi connectivity index (χ0v) is 9.35. The number of nitrogens with two attached hydrogens (primary N) is 1. The molecule has 5 heteroatoms. The predicted octanol–water partition coefficient (Wildman–Crippen LogP) is 0.443. The van der Waals surface area contributed by atoms with Crippen molar-refractivity contribution in [2.45, 2.75) is 20.4 Å². The number of guanidine groups is 1. The second-order valence-electron chi connectivity index (χ2n) is 3.82. The van der Waals surface area contributed by atoms with Crippen LogP contribution in [-0.2, 0) is 6.54 Å². The number of hydrogen-bond donors (Lipinski definition) is 2. The zero-order chi connectivity index (χ0) is 11.1. The third-order valence-electron chi connectivity index (χ3n) is 1.83. The molecule has 1 aromatic rings. The molecule has 15 heavy (non-hydrogen) atoms. The molecule has 0 saturated carbocycles. The summed E-state index contributed by atoms with van der Waals surface area (Å²) in [5.41, 5.74) is 5.67. The normalized spacial score (nSPS) is 12.1. The Bertz CT molecular complexity index is 289. The van der Waals surface area contributed by atoms with Crippen molar-refractivity contribution in [2.75, 3.05) is 13.1 Å². The van der Waals surface area contributed by atoms with Gasteiger partial charge in [-0.05, 0) is 12.0 Å². The van der Waals surface area contributed by atoms with Gasteiger partial charge in [0.05, 0.1) is 6.54 Å². The lowest BCUT2D eigenvalue weighted by Crippen LogP contribution is -2.34. The Morgan fingerprint density at radius 2 is 2.40 bits per heavy atom. The van der Waals surface area contributed by atoms with Crippen LogP contribution in [0.25, 0.3) is 0 Å². The average Bonchev–Trinajstić information content (AvgIpc) is 2.67. The maximum atomic E-state index is 5.67. The van der Waals surface area contributed by atoms with E-state index in [4.69, 9.17) is 5.73 Å². The summed E-state index contributed by atoms with van der Waals surface area (Å²) in [5, 5.41) is 7.13. The van der Waals surface area contributed by atoms with Gasteiger partial charge in [-0.2, -0.15) is 5.10 Å². The summed E-state index contributed by atoms with van der Waals surface area (Å²) in [6.07, 6.45) is 3.68. The molecule has 0 aliphatic heterocycles. The van der Waals surface area contributed by atoms with Gasteiger partial charge in [-0.15, -0.1) is 0 Å². The summed E-state index contributed by atoms with van der Waals surface area (Å²) in [5.74, 6) is 1.05. The number of nitrogens with zero attached hydrogens (tertiary/aromatic N) is 3. The van der Waals surface area contributed by atoms with Crippen LogP contribution in [0.5, 0.6) is 0 Å². The van der Waals surface area contributed by atoms with Crippen LogP contribution in [0.15, 0.2) is 23.5 Å². The van der Waals surface area contributed by atoms with Crippen molar-refractivity contribution in [3.8, 4) is 0 Å². The highest BCUT2D eigenvalue weighted by atomic mass is 15.3. The fourth-order valence-corrected chi connectivity index (χ4v) is 1.07. The molecule has 3 N–H and O–H groups in total. The minimum atomic E-state index is 0.510. The Hall–Kier alpha value is -1.52. The molecule has 5 nitrogen and oxygen atoms in total. The lowest BCUT2D eigenvalue weighted by Gasteiger charge is -2.06. The van der Waals surface area contributed by atoms with Crippen molar-refractivity contribution < 1.29 is 0 Å². The zero-order valence-electron chi connectivity index (χ0n) is 9.35. The Balaban J connectivity index is 2.17. The molecule has 1 aromatic heterocycles. The van der Waals surface area contributed by atoms with E-state index in [-0.39, 0.29) is 0 Å². The van der Waals surface area contributed by atoms with Gasteiger partial charge in [0, 0.05) is 25.5 Å². The molecule has 0 spiro atoms. The highest BCUT2D eigenvalue weighted by Crippen LogP contribution is 1.90. The molecule has 0 radical (unpaired) electrons. The number of hydrogen-bond acceptors (Lipinski definition) is 2. The van der Waals surface area contributed by atoms with Gasteiger partial charge in [0.2, 0.25) is 0 Å². The summed E-state index contributed by atoms with van der Waals surface area (Å²) in [4.78, 5) is 4.20. The average molecular weight is 209 g/mol. The molecule has 0 saturated heterocycles. The molecule has 0 amide bonds. The Labute approximate surface area is 90.4 Å². The summed E-state index contributed by atoms with van der Waals surface area (Å²) < 4.78 is 1.85. The van der Waals surface area contributed by atoms with Gasteiger partial charge in [0.1, 0.15) is 0 Å². The number of nitrogens with one attached hydrogen (secondary N) is 1. The first-order chi connectivity index (χ1) is 7.18. The monoisotopic (exact) mass is 209 g/mol. The van der Waals surface area contributed by atoms with E-state index in [9.17, 15) is 0 Å². The molecular weight excluding hydrogens is 190 g/mol. The Morgan fingerprint density at radius 3 is 3.00 bits per heavy atom.